The molecular formula is C16H22ClN5O. The molecule has 1 unspecified atom stereocenters. The van der Waals surface area contributed by atoms with Crippen LogP contribution in [0.3, 0.4) is 0 Å². The number of rotatable bonds is 4. The molecule has 2 heterocycles. The topological polar surface area (TPSA) is 71.8 Å². The molecule has 1 saturated heterocycles. The molecule has 124 valence electrons. The first-order valence-corrected chi connectivity index (χ1v) is 7.68. The molecule has 1 aromatic heterocycles. The molecule has 0 spiro atoms. The Morgan fingerprint density at radius 3 is 3.00 bits per heavy atom. The van der Waals surface area contributed by atoms with Crippen LogP contribution in [-0.4, -0.2) is 40.3 Å². The molecule has 23 heavy (non-hydrogen) atoms. The summed E-state index contributed by atoms with van der Waals surface area (Å²) in [5.41, 5.74) is 2.62. The van der Waals surface area contributed by atoms with Gasteiger partial charge in [-0.05, 0) is 62.5 Å². The molecule has 1 aromatic carbocycles. The molecule has 2 aromatic rings. The minimum Gasteiger partial charge on any atom is -0.352 e. The van der Waals surface area contributed by atoms with E-state index < -0.39 is 0 Å². The van der Waals surface area contributed by atoms with Crippen LogP contribution in [-0.2, 0) is 0 Å². The highest BCUT2D eigenvalue weighted by Crippen LogP contribution is 2.15. The summed E-state index contributed by atoms with van der Waals surface area (Å²) in [6.07, 6.45) is 5.51. The number of aryl methyl sites for hydroxylation is 1. The van der Waals surface area contributed by atoms with Gasteiger partial charge in [0, 0.05) is 12.1 Å². The van der Waals surface area contributed by atoms with E-state index in [0.717, 1.165) is 30.9 Å². The van der Waals surface area contributed by atoms with Crippen LogP contribution in [0, 0.1) is 12.8 Å². The van der Waals surface area contributed by atoms with Gasteiger partial charge in [-0.1, -0.05) is 0 Å². The number of carbonyl (C=O) groups is 1. The Morgan fingerprint density at radius 2 is 2.35 bits per heavy atom. The van der Waals surface area contributed by atoms with Gasteiger partial charge >= 0.3 is 0 Å². The van der Waals surface area contributed by atoms with Crippen LogP contribution in [0.25, 0.3) is 5.69 Å². The zero-order valence-electron chi connectivity index (χ0n) is 13.2. The normalized spacial score (nSPS) is 17.3. The molecule has 6 nitrogen and oxygen atoms in total. The van der Waals surface area contributed by atoms with Gasteiger partial charge in [0.15, 0.2) is 0 Å². The van der Waals surface area contributed by atoms with Gasteiger partial charge < -0.3 is 10.6 Å². The average Bonchev–Trinajstić information content (AvgIpc) is 3.07. The maximum Gasteiger partial charge on any atom is 0.251 e. The average molecular weight is 336 g/mol. The highest BCUT2D eigenvalue weighted by Gasteiger charge is 2.15. The Balaban J connectivity index is 0.00000192. The monoisotopic (exact) mass is 335 g/mol. The van der Waals surface area contributed by atoms with Crippen LogP contribution >= 0.6 is 12.4 Å². The number of nitrogens with one attached hydrogen (secondary N) is 2. The molecule has 1 fully saturated rings. The summed E-state index contributed by atoms with van der Waals surface area (Å²) in [5, 5.41) is 10.5. The molecule has 1 atom stereocenters. The molecule has 3 rings (SSSR count). The molecule has 0 radical (unpaired) electrons. The van der Waals surface area contributed by atoms with Crippen molar-refractivity contribution in [2.24, 2.45) is 5.92 Å². The number of hydrogen-bond acceptors (Lipinski definition) is 4. The zero-order chi connectivity index (χ0) is 15.4. The van der Waals surface area contributed by atoms with Gasteiger partial charge in [-0.15, -0.1) is 12.4 Å². The Bertz CT molecular complexity index is 638. The lowest BCUT2D eigenvalue weighted by molar-refractivity contribution is 0.0944. The van der Waals surface area contributed by atoms with E-state index in [4.69, 9.17) is 0 Å². The van der Waals surface area contributed by atoms with Crippen molar-refractivity contribution in [3.8, 4) is 5.69 Å². The Hall–Kier alpha value is -1.92. The van der Waals surface area contributed by atoms with Crippen LogP contribution in [0.2, 0.25) is 0 Å². The molecule has 2 N–H and O–H groups in total. The number of amides is 1. The number of nitrogens with zero attached hydrogens (tertiary/aromatic N) is 3. The van der Waals surface area contributed by atoms with Crippen LogP contribution in [0.1, 0.15) is 28.8 Å². The highest BCUT2D eigenvalue weighted by atomic mass is 35.5. The Kier molecular flexibility index (Phi) is 6.12. The highest BCUT2D eigenvalue weighted by molar-refractivity contribution is 5.94. The van der Waals surface area contributed by atoms with E-state index in [1.165, 1.54) is 19.2 Å². The fourth-order valence-corrected chi connectivity index (χ4v) is 2.82. The van der Waals surface area contributed by atoms with Gasteiger partial charge in [0.2, 0.25) is 0 Å². The predicted octanol–water partition coefficient (Wildman–Crippen LogP) is 1.73. The summed E-state index contributed by atoms with van der Waals surface area (Å²) in [6, 6.07) is 5.63. The third-order valence-corrected chi connectivity index (χ3v) is 4.07. The van der Waals surface area contributed by atoms with Crippen molar-refractivity contribution in [2.45, 2.75) is 19.8 Å². The van der Waals surface area contributed by atoms with Crippen molar-refractivity contribution >= 4 is 18.3 Å². The molecule has 7 heteroatoms. The van der Waals surface area contributed by atoms with Crippen LogP contribution in [0.15, 0.2) is 30.9 Å². The largest absolute Gasteiger partial charge is 0.352 e. The van der Waals surface area contributed by atoms with Crippen molar-refractivity contribution in [1.82, 2.24) is 25.4 Å². The third-order valence-electron chi connectivity index (χ3n) is 4.07. The predicted molar refractivity (Wildman–Crippen MR) is 91.3 cm³/mol. The van der Waals surface area contributed by atoms with E-state index >= 15 is 0 Å². The number of hydrogen-bond donors (Lipinski definition) is 2. The van der Waals surface area contributed by atoms with E-state index in [1.807, 2.05) is 25.1 Å². The molecule has 0 bridgehead atoms. The fraction of sp³-hybridized carbons (Fsp3) is 0.438. The molecule has 1 aliphatic heterocycles. The number of aromatic nitrogens is 3. The number of benzene rings is 1. The van der Waals surface area contributed by atoms with Gasteiger partial charge in [-0.25, -0.2) is 9.67 Å². The van der Waals surface area contributed by atoms with Crippen molar-refractivity contribution in [1.29, 1.82) is 0 Å². The Labute approximate surface area is 142 Å². The molecule has 1 aliphatic rings. The van der Waals surface area contributed by atoms with Gasteiger partial charge in [0.25, 0.3) is 5.91 Å². The van der Waals surface area contributed by atoms with Crippen molar-refractivity contribution in [3.05, 3.63) is 42.0 Å². The molecular weight excluding hydrogens is 314 g/mol. The van der Waals surface area contributed by atoms with Crippen molar-refractivity contribution < 1.29 is 4.79 Å². The van der Waals surface area contributed by atoms with Crippen molar-refractivity contribution in [2.75, 3.05) is 19.6 Å². The van der Waals surface area contributed by atoms with Gasteiger partial charge in [-0.3, -0.25) is 4.79 Å². The minimum atomic E-state index is -0.0150. The smallest absolute Gasteiger partial charge is 0.251 e. The van der Waals surface area contributed by atoms with Crippen LogP contribution < -0.4 is 10.6 Å². The quantitative estimate of drug-likeness (QED) is 0.892. The first kappa shape index (κ1) is 17.4. The van der Waals surface area contributed by atoms with Crippen LogP contribution in [0.5, 0.6) is 0 Å². The van der Waals surface area contributed by atoms with Crippen LogP contribution in [0.4, 0.5) is 0 Å². The molecule has 0 aliphatic carbocycles. The zero-order valence-corrected chi connectivity index (χ0v) is 14.0. The summed E-state index contributed by atoms with van der Waals surface area (Å²) in [7, 11) is 0. The summed E-state index contributed by atoms with van der Waals surface area (Å²) in [5.74, 6) is 0.520. The van der Waals surface area contributed by atoms with E-state index in [9.17, 15) is 4.79 Å². The summed E-state index contributed by atoms with van der Waals surface area (Å²) in [6.45, 7) is 4.78. The standard InChI is InChI=1S/C16H21N5O.ClH/c1-12-7-14(4-5-15(12)21-11-18-10-20-21)16(22)19-9-13-3-2-6-17-8-13;/h4-5,7,10-11,13,17H,2-3,6,8-9H2,1H3,(H,19,22);1H. The van der Waals surface area contributed by atoms with E-state index in [1.54, 1.807) is 11.0 Å². The lowest BCUT2D eigenvalue weighted by Crippen LogP contribution is -2.38. The van der Waals surface area contributed by atoms with E-state index in [2.05, 4.69) is 20.7 Å². The Morgan fingerprint density at radius 1 is 1.48 bits per heavy atom. The molecule has 1 amide bonds. The number of carbonyl (C=O) groups excluding carboxylic acids is 1. The van der Waals surface area contributed by atoms with E-state index in [-0.39, 0.29) is 18.3 Å². The second kappa shape index (κ2) is 8.08. The van der Waals surface area contributed by atoms with E-state index in [0.29, 0.717) is 11.5 Å². The lowest BCUT2D eigenvalue weighted by atomic mass is 9.99. The number of piperidine rings is 1. The van der Waals surface area contributed by atoms with Crippen molar-refractivity contribution in [3.63, 3.8) is 0 Å². The maximum absolute atomic E-state index is 12.3. The summed E-state index contributed by atoms with van der Waals surface area (Å²) < 4.78 is 1.70. The minimum absolute atomic E-state index is 0. The van der Waals surface area contributed by atoms with Gasteiger partial charge in [0.05, 0.1) is 5.69 Å². The summed E-state index contributed by atoms with van der Waals surface area (Å²) in [4.78, 5) is 16.2. The third kappa shape index (κ3) is 4.30. The maximum atomic E-state index is 12.3. The van der Waals surface area contributed by atoms with Gasteiger partial charge in [0.1, 0.15) is 12.7 Å². The molecule has 0 saturated carbocycles. The first-order chi connectivity index (χ1) is 10.7. The fourth-order valence-electron chi connectivity index (χ4n) is 2.82. The second-order valence-electron chi connectivity index (χ2n) is 5.76. The summed E-state index contributed by atoms with van der Waals surface area (Å²) >= 11 is 0. The van der Waals surface area contributed by atoms with Gasteiger partial charge in [-0.2, -0.15) is 5.10 Å². The first-order valence-electron chi connectivity index (χ1n) is 7.68. The lowest BCUT2D eigenvalue weighted by Gasteiger charge is -2.22. The SMILES string of the molecule is Cc1cc(C(=O)NCC2CCCNC2)ccc1-n1cncn1.Cl. The number of halogens is 1. The second-order valence-corrected chi connectivity index (χ2v) is 5.76.